The Morgan fingerprint density at radius 3 is 2.61 bits per heavy atom. The van der Waals surface area contributed by atoms with Crippen LogP contribution in [0.5, 0.6) is 5.88 Å². The van der Waals surface area contributed by atoms with Crippen molar-refractivity contribution in [2.24, 2.45) is 0 Å². The van der Waals surface area contributed by atoms with Gasteiger partial charge in [-0.05, 0) is 48.0 Å². The van der Waals surface area contributed by atoms with E-state index in [4.69, 9.17) is 4.74 Å². The number of imidazole rings is 1. The van der Waals surface area contributed by atoms with Gasteiger partial charge in [0.15, 0.2) is 0 Å². The maximum Gasteiger partial charge on any atom is 0.267 e. The zero-order valence-corrected chi connectivity index (χ0v) is 20.4. The van der Waals surface area contributed by atoms with Gasteiger partial charge in [-0.15, -0.1) is 0 Å². The molecule has 2 N–H and O–H groups in total. The molecule has 0 aliphatic rings. The standard InChI is InChI=1S/C26H17F2N5O4S/c1-37-24-21(32-38(35,36)23-9-7-16(27)12-18(23)28)11-15(13-29-24)14-6-8-19-17(10-14)25(34)33-22-5-3-2-4-20(22)31-26(33)30-19/h2-13,32H,1H3,(H,30,31). The zero-order chi connectivity index (χ0) is 26.6. The summed E-state index contributed by atoms with van der Waals surface area (Å²) in [5.41, 5.74) is 2.57. The molecule has 6 rings (SSSR count). The van der Waals surface area contributed by atoms with E-state index in [-0.39, 0.29) is 17.1 Å². The number of fused-ring (bicyclic) bond motifs is 4. The molecule has 0 saturated carbocycles. The lowest BCUT2D eigenvalue weighted by Crippen LogP contribution is -2.16. The number of benzene rings is 3. The molecule has 3 heterocycles. The molecular formula is C26H17F2N5O4S. The van der Waals surface area contributed by atoms with E-state index in [1.807, 2.05) is 18.2 Å². The minimum absolute atomic E-state index is 0.0647. The van der Waals surface area contributed by atoms with Crippen LogP contribution in [0.15, 0.2) is 82.6 Å². The summed E-state index contributed by atoms with van der Waals surface area (Å²) < 4.78 is 62.1. The Bertz CT molecular complexity index is 2070. The Morgan fingerprint density at radius 2 is 1.82 bits per heavy atom. The third-order valence-corrected chi connectivity index (χ3v) is 7.46. The van der Waals surface area contributed by atoms with Gasteiger partial charge >= 0.3 is 0 Å². The summed E-state index contributed by atoms with van der Waals surface area (Å²) in [7, 11) is -3.15. The topological polar surface area (TPSA) is 118 Å². The fourth-order valence-electron chi connectivity index (χ4n) is 4.30. The van der Waals surface area contributed by atoms with Crippen molar-refractivity contribution in [2.75, 3.05) is 11.8 Å². The van der Waals surface area contributed by atoms with Crippen LogP contribution in [0.4, 0.5) is 14.5 Å². The molecule has 0 aliphatic heterocycles. The predicted molar refractivity (Wildman–Crippen MR) is 138 cm³/mol. The first kappa shape index (κ1) is 23.6. The van der Waals surface area contributed by atoms with Crippen LogP contribution in [0.25, 0.3) is 38.8 Å². The minimum atomic E-state index is -4.45. The monoisotopic (exact) mass is 533 g/mol. The van der Waals surface area contributed by atoms with Crippen LogP contribution >= 0.6 is 0 Å². The summed E-state index contributed by atoms with van der Waals surface area (Å²) in [5.74, 6) is -1.81. The van der Waals surface area contributed by atoms with E-state index in [0.717, 1.165) is 12.1 Å². The molecule has 0 radical (unpaired) electrons. The highest BCUT2D eigenvalue weighted by Crippen LogP contribution is 2.31. The molecule has 6 aromatic rings. The molecule has 12 heteroatoms. The number of anilines is 1. The van der Waals surface area contributed by atoms with E-state index < -0.39 is 26.6 Å². The number of pyridine rings is 1. The number of para-hydroxylation sites is 2. The van der Waals surface area contributed by atoms with Gasteiger partial charge in [-0.25, -0.2) is 31.6 Å². The first-order chi connectivity index (χ1) is 18.2. The fraction of sp³-hybridized carbons (Fsp3) is 0.0385. The third kappa shape index (κ3) is 3.82. The molecule has 3 aromatic carbocycles. The lowest BCUT2D eigenvalue weighted by molar-refractivity contribution is 0.400. The Morgan fingerprint density at radius 1 is 1.00 bits per heavy atom. The second kappa shape index (κ2) is 8.63. The number of hydrogen-bond acceptors (Lipinski definition) is 6. The number of rotatable bonds is 5. The largest absolute Gasteiger partial charge is 0.480 e. The van der Waals surface area contributed by atoms with Crippen molar-refractivity contribution in [3.05, 3.63) is 94.9 Å². The summed E-state index contributed by atoms with van der Waals surface area (Å²) in [4.78, 5) is 24.5. The van der Waals surface area contributed by atoms with Crippen molar-refractivity contribution in [1.82, 2.24) is 19.4 Å². The number of nitrogens with one attached hydrogen (secondary N) is 2. The van der Waals surface area contributed by atoms with E-state index in [9.17, 15) is 22.0 Å². The Labute approximate surface area is 213 Å². The predicted octanol–water partition coefficient (Wildman–Crippen LogP) is 4.48. The summed E-state index contributed by atoms with van der Waals surface area (Å²) in [6, 6.07) is 16.0. The van der Waals surface area contributed by atoms with Crippen LogP contribution in [0.2, 0.25) is 0 Å². The number of aromatic amines is 1. The van der Waals surface area contributed by atoms with Crippen molar-refractivity contribution in [3.8, 4) is 17.0 Å². The van der Waals surface area contributed by atoms with Gasteiger partial charge in [0, 0.05) is 17.8 Å². The minimum Gasteiger partial charge on any atom is -0.480 e. The summed E-state index contributed by atoms with van der Waals surface area (Å²) in [6.07, 6.45) is 1.45. The second-order valence-corrected chi connectivity index (χ2v) is 10.1. The first-order valence-electron chi connectivity index (χ1n) is 11.2. The fourth-order valence-corrected chi connectivity index (χ4v) is 5.41. The molecule has 38 heavy (non-hydrogen) atoms. The van der Waals surface area contributed by atoms with Gasteiger partial charge < -0.3 is 9.72 Å². The SMILES string of the molecule is COc1ncc(-c2ccc3[nH]c4nc5ccccc5n4c(=O)c3c2)cc1NS(=O)(=O)c1ccc(F)cc1F. The average Bonchev–Trinajstić information content (AvgIpc) is 3.26. The Hall–Kier alpha value is -4.84. The van der Waals surface area contributed by atoms with E-state index >= 15 is 0 Å². The molecule has 0 saturated heterocycles. The number of ether oxygens (including phenoxy) is 1. The van der Waals surface area contributed by atoms with Gasteiger partial charge in [-0.1, -0.05) is 18.2 Å². The first-order valence-corrected chi connectivity index (χ1v) is 12.7. The van der Waals surface area contributed by atoms with Crippen molar-refractivity contribution in [1.29, 1.82) is 0 Å². The van der Waals surface area contributed by atoms with Crippen LogP contribution in [-0.4, -0.2) is 34.9 Å². The lowest BCUT2D eigenvalue weighted by Gasteiger charge is -2.13. The zero-order valence-electron chi connectivity index (χ0n) is 19.6. The van der Waals surface area contributed by atoms with Crippen LogP contribution in [-0.2, 0) is 10.0 Å². The van der Waals surface area contributed by atoms with Crippen molar-refractivity contribution in [2.45, 2.75) is 4.90 Å². The smallest absolute Gasteiger partial charge is 0.267 e. The normalized spacial score (nSPS) is 11.9. The number of nitrogens with zero attached hydrogens (tertiary/aromatic N) is 3. The summed E-state index contributed by atoms with van der Waals surface area (Å²) in [5, 5.41) is 0.379. The van der Waals surface area contributed by atoms with Crippen molar-refractivity contribution >= 4 is 43.4 Å². The lowest BCUT2D eigenvalue weighted by atomic mass is 10.1. The van der Waals surface area contributed by atoms with Gasteiger partial charge in [0.05, 0.1) is 29.0 Å². The molecule has 0 fully saturated rings. The number of aromatic nitrogens is 4. The molecule has 0 amide bonds. The molecule has 0 unspecified atom stereocenters. The quantitative estimate of drug-likeness (QED) is 0.337. The van der Waals surface area contributed by atoms with Gasteiger partial charge in [-0.3, -0.25) is 9.52 Å². The summed E-state index contributed by atoms with van der Waals surface area (Å²) in [6.45, 7) is 0. The van der Waals surface area contributed by atoms with Gasteiger partial charge in [-0.2, -0.15) is 0 Å². The van der Waals surface area contributed by atoms with Crippen molar-refractivity contribution in [3.63, 3.8) is 0 Å². The molecule has 9 nitrogen and oxygen atoms in total. The highest BCUT2D eigenvalue weighted by Gasteiger charge is 2.22. The molecule has 3 aromatic heterocycles. The highest BCUT2D eigenvalue weighted by molar-refractivity contribution is 7.92. The van der Waals surface area contributed by atoms with Crippen LogP contribution in [0, 0.1) is 11.6 Å². The van der Waals surface area contributed by atoms with Crippen LogP contribution < -0.4 is 15.0 Å². The van der Waals surface area contributed by atoms with Crippen LogP contribution in [0.1, 0.15) is 0 Å². The third-order valence-electron chi connectivity index (χ3n) is 6.07. The maximum absolute atomic E-state index is 14.2. The summed E-state index contributed by atoms with van der Waals surface area (Å²) >= 11 is 0. The van der Waals surface area contributed by atoms with E-state index in [1.165, 1.54) is 23.8 Å². The van der Waals surface area contributed by atoms with Crippen LogP contribution in [0.3, 0.4) is 0 Å². The van der Waals surface area contributed by atoms with Gasteiger partial charge in [0.25, 0.3) is 15.6 Å². The molecule has 190 valence electrons. The number of hydrogen-bond donors (Lipinski definition) is 2. The highest BCUT2D eigenvalue weighted by atomic mass is 32.2. The second-order valence-electron chi connectivity index (χ2n) is 8.41. The van der Waals surface area contributed by atoms with E-state index in [2.05, 4.69) is 19.7 Å². The van der Waals surface area contributed by atoms with Gasteiger partial charge in [0.1, 0.15) is 22.2 Å². The van der Waals surface area contributed by atoms with Crippen molar-refractivity contribution < 1.29 is 21.9 Å². The molecular weight excluding hydrogens is 516 g/mol. The number of H-pyrrole nitrogens is 1. The number of methoxy groups -OCH3 is 1. The number of sulfonamides is 1. The van der Waals surface area contributed by atoms with E-state index in [0.29, 0.717) is 44.9 Å². The molecule has 0 aliphatic carbocycles. The van der Waals surface area contributed by atoms with Gasteiger partial charge in [0.2, 0.25) is 11.7 Å². The molecule has 0 bridgehead atoms. The Kier molecular flexibility index (Phi) is 5.35. The van der Waals surface area contributed by atoms with E-state index in [1.54, 1.807) is 24.3 Å². The molecule has 0 atom stereocenters. The number of halogens is 2. The molecule has 0 spiro atoms. The maximum atomic E-state index is 14.2. The average molecular weight is 534 g/mol. The Balaban J connectivity index is 1.46.